The van der Waals surface area contributed by atoms with Crippen LogP contribution in [0.4, 0.5) is 0 Å². The molecule has 1 aromatic rings. The third-order valence-corrected chi connectivity index (χ3v) is 5.19. The molecule has 2 N–H and O–H groups in total. The Hall–Kier alpha value is -1.80. The third kappa shape index (κ3) is 3.13. The first kappa shape index (κ1) is 14.8. The zero-order valence-corrected chi connectivity index (χ0v) is 13.7. The number of fused-ring (bicyclic) bond motifs is 2. The van der Waals surface area contributed by atoms with E-state index in [-0.39, 0.29) is 5.91 Å². The fraction of sp³-hybridized carbons (Fsp3) is 0.533. The van der Waals surface area contributed by atoms with Gasteiger partial charge in [0, 0.05) is 43.6 Å². The monoisotopic (exact) mass is 332 g/mol. The number of aliphatic imine (C=N–C) groups is 1. The number of amides is 1. The Kier molecular flexibility index (Phi) is 4.09. The third-order valence-electron chi connectivity index (χ3n) is 4.24. The lowest BCUT2D eigenvalue weighted by Crippen LogP contribution is -2.32. The van der Waals surface area contributed by atoms with Gasteiger partial charge >= 0.3 is 0 Å². The second-order valence-electron chi connectivity index (χ2n) is 5.85. The second-order valence-corrected chi connectivity index (χ2v) is 6.68. The molecule has 7 nitrogen and oxygen atoms in total. The Labute approximate surface area is 139 Å². The van der Waals surface area contributed by atoms with Crippen molar-refractivity contribution in [3.8, 4) is 0 Å². The molecule has 8 heteroatoms. The topological polar surface area (TPSA) is 74.5 Å². The van der Waals surface area contributed by atoms with Gasteiger partial charge in [0.1, 0.15) is 0 Å². The van der Waals surface area contributed by atoms with E-state index in [9.17, 15) is 4.79 Å². The van der Waals surface area contributed by atoms with E-state index in [2.05, 4.69) is 37.1 Å². The SMILES string of the molecule is O=C(CCc1cc2n(n1)CCNC2)NCC1=CSC2=NCCN12. The van der Waals surface area contributed by atoms with E-state index in [0.29, 0.717) is 19.4 Å². The molecular weight excluding hydrogens is 312 g/mol. The highest BCUT2D eigenvalue weighted by atomic mass is 32.2. The molecule has 0 saturated carbocycles. The van der Waals surface area contributed by atoms with E-state index in [1.807, 2.05) is 4.68 Å². The molecule has 122 valence electrons. The van der Waals surface area contributed by atoms with Gasteiger partial charge in [-0.15, -0.1) is 0 Å². The van der Waals surface area contributed by atoms with Gasteiger partial charge in [0.2, 0.25) is 5.91 Å². The van der Waals surface area contributed by atoms with Crippen molar-refractivity contribution < 1.29 is 4.79 Å². The molecule has 0 fully saturated rings. The smallest absolute Gasteiger partial charge is 0.220 e. The highest BCUT2D eigenvalue weighted by Gasteiger charge is 2.26. The standard InChI is InChI=1S/C15H20N6OS/c22-14(18-9-13-10-23-15-17-4-5-20(13)15)2-1-11-7-12-8-16-3-6-21(12)19-11/h7,10,16H,1-6,8-9H2,(H,18,22). The fourth-order valence-electron chi connectivity index (χ4n) is 3.01. The van der Waals surface area contributed by atoms with Crippen LogP contribution in [-0.2, 0) is 24.3 Å². The van der Waals surface area contributed by atoms with Crippen LogP contribution in [-0.4, -0.2) is 51.9 Å². The van der Waals surface area contributed by atoms with E-state index in [1.54, 1.807) is 11.8 Å². The fourth-order valence-corrected chi connectivity index (χ4v) is 3.96. The minimum atomic E-state index is 0.0737. The second kappa shape index (κ2) is 6.37. The maximum Gasteiger partial charge on any atom is 0.220 e. The Bertz CT molecular complexity index is 656. The number of thioether (sulfide) groups is 1. The molecule has 0 radical (unpaired) electrons. The minimum Gasteiger partial charge on any atom is -0.350 e. The van der Waals surface area contributed by atoms with Gasteiger partial charge in [-0.2, -0.15) is 5.10 Å². The van der Waals surface area contributed by atoms with Crippen LogP contribution in [0, 0.1) is 0 Å². The van der Waals surface area contributed by atoms with E-state index < -0.39 is 0 Å². The lowest BCUT2D eigenvalue weighted by Gasteiger charge is -2.16. The summed E-state index contributed by atoms with van der Waals surface area (Å²) in [5.74, 6) is 0.0737. The molecule has 23 heavy (non-hydrogen) atoms. The Morgan fingerprint density at radius 2 is 2.39 bits per heavy atom. The summed E-state index contributed by atoms with van der Waals surface area (Å²) < 4.78 is 2.04. The molecule has 0 spiro atoms. The van der Waals surface area contributed by atoms with Crippen molar-refractivity contribution in [3.63, 3.8) is 0 Å². The highest BCUT2D eigenvalue weighted by Crippen LogP contribution is 2.28. The van der Waals surface area contributed by atoms with Gasteiger partial charge in [-0.1, -0.05) is 11.8 Å². The van der Waals surface area contributed by atoms with Crippen molar-refractivity contribution in [1.82, 2.24) is 25.3 Å². The summed E-state index contributed by atoms with van der Waals surface area (Å²) in [5.41, 5.74) is 3.35. The summed E-state index contributed by atoms with van der Waals surface area (Å²) in [5, 5.41) is 14.0. The van der Waals surface area contributed by atoms with Gasteiger partial charge in [-0.25, -0.2) is 0 Å². The molecule has 4 heterocycles. The molecule has 0 bridgehead atoms. The quantitative estimate of drug-likeness (QED) is 0.811. The van der Waals surface area contributed by atoms with Crippen molar-refractivity contribution in [2.75, 3.05) is 26.2 Å². The first-order valence-electron chi connectivity index (χ1n) is 8.00. The zero-order chi connectivity index (χ0) is 15.6. The normalized spacial score (nSPS) is 19.2. The summed E-state index contributed by atoms with van der Waals surface area (Å²) in [6.45, 7) is 5.10. The number of carbonyl (C=O) groups excluding carboxylic acids is 1. The number of amidine groups is 1. The molecule has 0 aromatic carbocycles. The van der Waals surface area contributed by atoms with Crippen molar-refractivity contribution in [2.24, 2.45) is 4.99 Å². The van der Waals surface area contributed by atoms with Gasteiger partial charge in [-0.3, -0.25) is 14.5 Å². The van der Waals surface area contributed by atoms with E-state index in [0.717, 1.165) is 49.3 Å². The Balaban J connectivity index is 1.24. The van der Waals surface area contributed by atoms with Gasteiger partial charge in [0.15, 0.2) is 5.17 Å². The Morgan fingerprint density at radius 3 is 3.30 bits per heavy atom. The van der Waals surface area contributed by atoms with Crippen molar-refractivity contribution in [1.29, 1.82) is 0 Å². The summed E-state index contributed by atoms with van der Waals surface area (Å²) in [4.78, 5) is 18.7. The van der Waals surface area contributed by atoms with Crippen LogP contribution in [0.2, 0.25) is 0 Å². The summed E-state index contributed by atoms with van der Waals surface area (Å²) in [6, 6.07) is 2.10. The molecule has 1 amide bonds. The molecule has 4 rings (SSSR count). The first-order chi connectivity index (χ1) is 11.3. The number of carbonyl (C=O) groups is 1. The molecular formula is C15H20N6OS. The van der Waals surface area contributed by atoms with Crippen LogP contribution in [0.15, 0.2) is 22.2 Å². The van der Waals surface area contributed by atoms with E-state index in [1.165, 1.54) is 5.69 Å². The van der Waals surface area contributed by atoms with Gasteiger partial charge in [0.25, 0.3) is 0 Å². The average Bonchev–Trinajstić information content (AvgIpc) is 3.25. The lowest BCUT2D eigenvalue weighted by atomic mass is 10.2. The first-order valence-corrected chi connectivity index (χ1v) is 8.88. The maximum atomic E-state index is 12.1. The van der Waals surface area contributed by atoms with Crippen LogP contribution >= 0.6 is 11.8 Å². The predicted octanol–water partition coefficient (Wildman–Crippen LogP) is 0.295. The summed E-state index contributed by atoms with van der Waals surface area (Å²) in [7, 11) is 0. The molecule has 0 aliphatic carbocycles. The van der Waals surface area contributed by atoms with Crippen LogP contribution in [0.5, 0.6) is 0 Å². The summed E-state index contributed by atoms with van der Waals surface area (Å²) in [6.07, 6.45) is 1.17. The van der Waals surface area contributed by atoms with Gasteiger partial charge in [-0.05, 0) is 6.07 Å². The molecule has 0 atom stereocenters. The van der Waals surface area contributed by atoms with Crippen molar-refractivity contribution in [3.05, 3.63) is 28.6 Å². The highest BCUT2D eigenvalue weighted by molar-refractivity contribution is 8.16. The number of aryl methyl sites for hydroxylation is 1. The number of aromatic nitrogens is 2. The molecule has 3 aliphatic heterocycles. The van der Waals surface area contributed by atoms with Crippen molar-refractivity contribution in [2.45, 2.75) is 25.9 Å². The maximum absolute atomic E-state index is 12.1. The Morgan fingerprint density at radius 1 is 1.43 bits per heavy atom. The van der Waals surface area contributed by atoms with E-state index >= 15 is 0 Å². The van der Waals surface area contributed by atoms with Crippen LogP contribution in [0.25, 0.3) is 0 Å². The number of hydrogen-bond donors (Lipinski definition) is 2. The van der Waals surface area contributed by atoms with Gasteiger partial charge < -0.3 is 15.5 Å². The van der Waals surface area contributed by atoms with Crippen molar-refractivity contribution >= 4 is 22.8 Å². The molecule has 0 saturated heterocycles. The summed E-state index contributed by atoms with van der Waals surface area (Å²) >= 11 is 1.64. The van der Waals surface area contributed by atoms with Crippen LogP contribution < -0.4 is 10.6 Å². The predicted molar refractivity (Wildman–Crippen MR) is 89.9 cm³/mol. The number of rotatable bonds is 5. The number of nitrogens with zero attached hydrogens (tertiary/aromatic N) is 4. The van der Waals surface area contributed by atoms with Gasteiger partial charge in [0.05, 0.1) is 31.0 Å². The molecule has 3 aliphatic rings. The van der Waals surface area contributed by atoms with E-state index in [4.69, 9.17) is 0 Å². The zero-order valence-electron chi connectivity index (χ0n) is 12.9. The molecule has 1 aromatic heterocycles. The minimum absolute atomic E-state index is 0.0737. The van der Waals surface area contributed by atoms with Crippen LogP contribution in [0.1, 0.15) is 17.8 Å². The average molecular weight is 332 g/mol. The lowest BCUT2D eigenvalue weighted by molar-refractivity contribution is -0.120. The number of nitrogens with one attached hydrogen (secondary N) is 2. The molecule has 0 unspecified atom stereocenters. The number of hydrogen-bond acceptors (Lipinski definition) is 6. The largest absolute Gasteiger partial charge is 0.350 e. The van der Waals surface area contributed by atoms with Crippen LogP contribution in [0.3, 0.4) is 0 Å².